The lowest BCUT2D eigenvalue weighted by Crippen LogP contribution is -2.31. The first-order valence-corrected chi connectivity index (χ1v) is 10.9. The Morgan fingerprint density at radius 2 is 1.39 bits per heavy atom. The molecule has 1 N–H and O–H groups in total. The maximum atomic E-state index is 13.6. The molecule has 0 fully saturated rings. The number of alkyl carbamates (subject to hydrolysis) is 1. The molecule has 1 unspecified atom stereocenters. The Morgan fingerprint density at radius 1 is 0.893 bits per heavy atom. The smallest absolute Gasteiger partial charge is 0.408 e. The first kappa shape index (κ1) is 22.2. The van der Waals surface area contributed by atoms with Crippen LogP contribution < -0.4 is 5.32 Å². The zero-order chi connectivity index (χ0) is 20.6. The first-order chi connectivity index (χ1) is 13.3. The maximum Gasteiger partial charge on any atom is 0.408 e. The van der Waals surface area contributed by atoms with Crippen molar-refractivity contribution in [2.45, 2.75) is 52.3 Å². The summed E-state index contributed by atoms with van der Waals surface area (Å²) in [7, 11) is -3.73. The van der Waals surface area contributed by atoms with Gasteiger partial charge in [-0.1, -0.05) is 60.7 Å². The summed E-state index contributed by atoms with van der Waals surface area (Å²) >= 11 is 0. The summed E-state index contributed by atoms with van der Waals surface area (Å²) in [6.07, 6.45) is -1.39. The fraction of sp³-hybridized carbons (Fsp3) is 0.381. The molecule has 7 heteroatoms. The standard InChI is InChI=1S/C21H28NO5P/c1-16(2)26-28(24,27-17(3)4)20(19-13-9-6-10-14-19)22-21(23)25-15-18-11-7-5-8-12-18/h5-14,16-17,20H,15H2,1-4H3,(H,22,23). The molecule has 2 rings (SSSR count). The Bertz CT molecular complexity index is 766. The number of nitrogens with one attached hydrogen (secondary N) is 1. The van der Waals surface area contributed by atoms with Gasteiger partial charge in [-0.15, -0.1) is 0 Å². The highest BCUT2D eigenvalue weighted by Crippen LogP contribution is 2.61. The van der Waals surface area contributed by atoms with Crippen molar-refractivity contribution in [3.8, 4) is 0 Å². The van der Waals surface area contributed by atoms with Crippen molar-refractivity contribution in [2.24, 2.45) is 0 Å². The van der Waals surface area contributed by atoms with Crippen molar-refractivity contribution in [2.75, 3.05) is 0 Å². The fourth-order valence-corrected chi connectivity index (χ4v) is 4.86. The molecular weight excluding hydrogens is 377 g/mol. The molecule has 0 aromatic heterocycles. The van der Waals surface area contributed by atoms with Crippen molar-refractivity contribution < 1.29 is 23.1 Å². The number of carbonyl (C=O) groups is 1. The maximum absolute atomic E-state index is 13.6. The quantitative estimate of drug-likeness (QED) is 0.545. The molecule has 152 valence electrons. The molecule has 1 amide bonds. The van der Waals surface area contributed by atoms with Gasteiger partial charge in [0.1, 0.15) is 6.61 Å². The van der Waals surface area contributed by atoms with Gasteiger partial charge in [-0.2, -0.15) is 0 Å². The van der Waals surface area contributed by atoms with Crippen molar-refractivity contribution in [1.29, 1.82) is 0 Å². The van der Waals surface area contributed by atoms with Crippen molar-refractivity contribution >= 4 is 13.7 Å². The van der Waals surface area contributed by atoms with Crippen LogP contribution in [-0.4, -0.2) is 18.3 Å². The minimum atomic E-state index is -3.73. The summed E-state index contributed by atoms with van der Waals surface area (Å²) in [6, 6.07) is 18.3. The highest BCUT2D eigenvalue weighted by molar-refractivity contribution is 7.54. The number of carbonyl (C=O) groups excluding carboxylic acids is 1. The Kier molecular flexibility index (Phi) is 8.24. The fourth-order valence-electron chi connectivity index (χ4n) is 2.59. The third-order valence-electron chi connectivity index (χ3n) is 3.61. The topological polar surface area (TPSA) is 73.9 Å². The Morgan fingerprint density at radius 3 is 1.89 bits per heavy atom. The molecule has 0 saturated carbocycles. The highest BCUT2D eigenvalue weighted by atomic mass is 31.2. The van der Waals surface area contributed by atoms with Crippen LogP contribution in [-0.2, 0) is 25.0 Å². The van der Waals surface area contributed by atoms with E-state index in [0.29, 0.717) is 5.56 Å². The molecule has 1 atom stereocenters. The third-order valence-corrected chi connectivity index (χ3v) is 6.11. The molecule has 0 saturated heterocycles. The number of hydrogen-bond donors (Lipinski definition) is 1. The molecule has 2 aromatic carbocycles. The van der Waals surface area contributed by atoms with E-state index in [1.165, 1.54) is 0 Å². The van der Waals surface area contributed by atoms with Crippen LogP contribution in [0.25, 0.3) is 0 Å². The lowest BCUT2D eigenvalue weighted by molar-refractivity contribution is 0.120. The van der Waals surface area contributed by atoms with E-state index in [1.54, 1.807) is 52.0 Å². The van der Waals surface area contributed by atoms with Gasteiger partial charge in [0.05, 0.1) is 12.2 Å². The molecule has 0 bridgehead atoms. The lowest BCUT2D eigenvalue weighted by atomic mass is 10.2. The summed E-state index contributed by atoms with van der Waals surface area (Å²) in [5.41, 5.74) is 1.47. The molecule has 0 aliphatic carbocycles. The van der Waals surface area contributed by atoms with Crippen LogP contribution in [0, 0.1) is 0 Å². The van der Waals surface area contributed by atoms with Gasteiger partial charge in [0.2, 0.25) is 0 Å². The molecule has 0 heterocycles. The Labute approximate surface area is 166 Å². The van der Waals surface area contributed by atoms with Gasteiger partial charge in [0.25, 0.3) is 0 Å². The summed E-state index contributed by atoms with van der Waals surface area (Å²) in [6.45, 7) is 7.19. The average Bonchev–Trinajstić information content (AvgIpc) is 2.64. The first-order valence-electron chi connectivity index (χ1n) is 9.29. The summed E-state index contributed by atoms with van der Waals surface area (Å²) in [5.74, 6) is -0.984. The normalized spacial score (nSPS) is 12.8. The molecule has 0 radical (unpaired) electrons. The van der Waals surface area contributed by atoms with Crippen LogP contribution in [0.5, 0.6) is 0 Å². The van der Waals surface area contributed by atoms with Gasteiger partial charge in [0, 0.05) is 0 Å². The van der Waals surface area contributed by atoms with E-state index in [-0.39, 0.29) is 18.8 Å². The predicted octanol–water partition coefficient (Wildman–Crippen LogP) is 5.65. The summed E-state index contributed by atoms with van der Waals surface area (Å²) in [5, 5.41) is 2.68. The zero-order valence-corrected chi connectivity index (χ0v) is 17.6. The Balaban J connectivity index is 2.23. The average molecular weight is 405 g/mol. The van der Waals surface area contributed by atoms with E-state index in [9.17, 15) is 9.36 Å². The second-order valence-electron chi connectivity index (χ2n) is 6.87. The second kappa shape index (κ2) is 10.4. The van der Waals surface area contributed by atoms with Crippen LogP contribution >= 0.6 is 7.60 Å². The van der Waals surface area contributed by atoms with Crippen molar-refractivity contribution in [1.82, 2.24) is 5.32 Å². The molecule has 0 aliphatic rings. The molecule has 2 aromatic rings. The van der Waals surface area contributed by atoms with Crippen molar-refractivity contribution in [3.63, 3.8) is 0 Å². The monoisotopic (exact) mass is 405 g/mol. The number of amides is 1. The highest BCUT2D eigenvalue weighted by Gasteiger charge is 2.40. The van der Waals surface area contributed by atoms with Crippen molar-refractivity contribution in [3.05, 3.63) is 71.8 Å². The van der Waals surface area contributed by atoms with Gasteiger partial charge < -0.3 is 19.1 Å². The molecule has 0 aliphatic heterocycles. The SMILES string of the molecule is CC(C)OP(=O)(OC(C)C)C(NC(=O)OCc1ccccc1)c1ccccc1. The third kappa shape index (κ3) is 6.79. The minimum Gasteiger partial charge on any atom is -0.445 e. The van der Waals surface area contributed by atoms with Gasteiger partial charge in [-0.25, -0.2) is 4.79 Å². The van der Waals surface area contributed by atoms with E-state index in [1.807, 2.05) is 36.4 Å². The summed E-state index contributed by atoms with van der Waals surface area (Å²) in [4.78, 5) is 12.5. The van der Waals surface area contributed by atoms with E-state index in [2.05, 4.69) is 5.32 Å². The molecule has 6 nitrogen and oxygen atoms in total. The van der Waals surface area contributed by atoms with Gasteiger partial charge >= 0.3 is 13.7 Å². The Hall–Kier alpha value is -2.14. The van der Waals surface area contributed by atoms with Gasteiger partial charge in [-0.05, 0) is 38.8 Å². The van der Waals surface area contributed by atoms with E-state index in [0.717, 1.165) is 5.56 Å². The number of hydrogen-bond acceptors (Lipinski definition) is 5. The summed E-state index contributed by atoms with van der Waals surface area (Å²) < 4.78 is 30.3. The van der Waals surface area contributed by atoms with Crippen LogP contribution in [0.4, 0.5) is 4.79 Å². The largest absolute Gasteiger partial charge is 0.445 e. The van der Waals surface area contributed by atoms with E-state index < -0.39 is 19.5 Å². The number of rotatable bonds is 9. The lowest BCUT2D eigenvalue weighted by Gasteiger charge is -2.30. The molecular formula is C21H28NO5P. The molecule has 0 spiro atoms. The molecule has 28 heavy (non-hydrogen) atoms. The number of ether oxygens (including phenoxy) is 1. The van der Waals surface area contributed by atoms with E-state index in [4.69, 9.17) is 13.8 Å². The zero-order valence-electron chi connectivity index (χ0n) is 16.7. The second-order valence-corrected chi connectivity index (χ2v) is 8.89. The van der Waals surface area contributed by atoms with Crippen LogP contribution in [0.3, 0.4) is 0 Å². The minimum absolute atomic E-state index is 0.106. The van der Waals surface area contributed by atoms with Gasteiger partial charge in [-0.3, -0.25) is 4.57 Å². The van der Waals surface area contributed by atoms with Crippen LogP contribution in [0.1, 0.15) is 44.6 Å². The number of benzene rings is 2. The predicted molar refractivity (Wildman–Crippen MR) is 109 cm³/mol. The van der Waals surface area contributed by atoms with Crippen LogP contribution in [0.2, 0.25) is 0 Å². The van der Waals surface area contributed by atoms with Crippen LogP contribution in [0.15, 0.2) is 60.7 Å². The van der Waals surface area contributed by atoms with Gasteiger partial charge in [0.15, 0.2) is 5.78 Å². The van der Waals surface area contributed by atoms with E-state index >= 15 is 0 Å².